The van der Waals surface area contributed by atoms with E-state index < -0.39 is 11.9 Å². The van der Waals surface area contributed by atoms with Gasteiger partial charge in [-0.3, -0.25) is 0 Å². The first kappa shape index (κ1) is 29.7. The molecule has 3 unspecified atom stereocenters. The van der Waals surface area contributed by atoms with Gasteiger partial charge in [0, 0.05) is 17.0 Å². The van der Waals surface area contributed by atoms with Gasteiger partial charge >= 0.3 is 11.9 Å². The van der Waals surface area contributed by atoms with Crippen molar-refractivity contribution < 1.29 is 24.5 Å². The van der Waals surface area contributed by atoms with E-state index in [1.807, 2.05) is 0 Å². The lowest BCUT2D eigenvalue weighted by Gasteiger charge is -2.33. The van der Waals surface area contributed by atoms with Crippen molar-refractivity contribution in [2.45, 2.75) is 58.3 Å². The first-order valence-corrected chi connectivity index (χ1v) is 13.7. The standard InChI is InChI=1S/C31H44N2O5/c1-20(9-7-15-32(3)4)17-25-23(31(36)37)12-14-28-29(25)26(18-21(2)10-8-16-33(5)6)24-19-22(30(34)35)11-13-27(24)38-28/h11-14,19-21,26H,7-10,15-18H2,1-6H3,(H,34,35)(H,36,37). The van der Waals surface area contributed by atoms with Crippen LogP contribution in [0.5, 0.6) is 11.5 Å². The summed E-state index contributed by atoms with van der Waals surface area (Å²) in [5, 5.41) is 19.9. The Morgan fingerprint density at radius 3 is 2.05 bits per heavy atom. The van der Waals surface area contributed by atoms with Crippen molar-refractivity contribution in [2.24, 2.45) is 11.8 Å². The van der Waals surface area contributed by atoms with Gasteiger partial charge < -0.3 is 24.7 Å². The fourth-order valence-corrected chi connectivity index (χ4v) is 5.58. The van der Waals surface area contributed by atoms with Crippen LogP contribution in [0.15, 0.2) is 30.3 Å². The molecule has 0 bridgehead atoms. The Balaban J connectivity index is 2.05. The summed E-state index contributed by atoms with van der Waals surface area (Å²) in [7, 11) is 8.27. The quantitative estimate of drug-likeness (QED) is 0.304. The first-order chi connectivity index (χ1) is 18.0. The molecule has 7 nitrogen and oxygen atoms in total. The summed E-state index contributed by atoms with van der Waals surface area (Å²) in [6.45, 7) is 6.41. The summed E-state index contributed by atoms with van der Waals surface area (Å²) >= 11 is 0. The molecule has 1 aliphatic rings. The van der Waals surface area contributed by atoms with Gasteiger partial charge in [-0.2, -0.15) is 0 Å². The van der Waals surface area contributed by atoms with Crippen LogP contribution in [-0.4, -0.2) is 73.2 Å². The maximum atomic E-state index is 12.4. The van der Waals surface area contributed by atoms with Crippen LogP contribution < -0.4 is 4.74 Å². The molecular weight excluding hydrogens is 480 g/mol. The summed E-state index contributed by atoms with van der Waals surface area (Å²) in [6.07, 6.45) is 5.57. The number of benzene rings is 2. The van der Waals surface area contributed by atoms with E-state index in [4.69, 9.17) is 4.74 Å². The highest BCUT2D eigenvalue weighted by molar-refractivity contribution is 5.91. The van der Waals surface area contributed by atoms with Crippen LogP contribution in [0.1, 0.15) is 89.3 Å². The second kappa shape index (κ2) is 13.3. The van der Waals surface area contributed by atoms with Crippen LogP contribution in [-0.2, 0) is 6.42 Å². The Labute approximate surface area is 227 Å². The molecule has 2 N–H and O–H groups in total. The van der Waals surface area contributed by atoms with Gasteiger partial charge in [0.15, 0.2) is 0 Å². The molecule has 1 heterocycles. The van der Waals surface area contributed by atoms with Gasteiger partial charge in [0.05, 0.1) is 11.1 Å². The summed E-state index contributed by atoms with van der Waals surface area (Å²) < 4.78 is 6.31. The predicted molar refractivity (Wildman–Crippen MR) is 151 cm³/mol. The van der Waals surface area contributed by atoms with Gasteiger partial charge in [-0.15, -0.1) is 0 Å². The van der Waals surface area contributed by atoms with Crippen LogP contribution in [0.25, 0.3) is 0 Å². The number of rotatable bonds is 14. The molecule has 7 heteroatoms. The predicted octanol–water partition coefficient (Wildman–Crippen LogP) is 6.21. The van der Waals surface area contributed by atoms with Crippen LogP contribution in [0.2, 0.25) is 0 Å². The lowest BCUT2D eigenvalue weighted by atomic mass is 9.76. The number of carbonyl (C=O) groups is 2. The van der Waals surface area contributed by atoms with Crippen LogP contribution >= 0.6 is 0 Å². The summed E-state index contributed by atoms with van der Waals surface area (Å²) in [5.74, 6) is -0.0506. The van der Waals surface area contributed by atoms with Crippen molar-refractivity contribution in [1.29, 1.82) is 0 Å². The highest BCUT2D eigenvalue weighted by Gasteiger charge is 2.34. The number of nitrogens with zero attached hydrogens (tertiary/aromatic N) is 2. The maximum Gasteiger partial charge on any atom is 0.335 e. The van der Waals surface area contributed by atoms with Gasteiger partial charge in [0.2, 0.25) is 0 Å². The van der Waals surface area contributed by atoms with Gasteiger partial charge in [-0.1, -0.05) is 13.8 Å². The number of fused-ring (bicyclic) bond motifs is 2. The number of carboxylic acids is 2. The van der Waals surface area contributed by atoms with Gasteiger partial charge in [0.25, 0.3) is 0 Å². The molecule has 208 valence electrons. The number of aromatic carboxylic acids is 2. The molecule has 0 spiro atoms. The third kappa shape index (κ3) is 7.58. The minimum Gasteiger partial charge on any atom is -0.478 e. The topological polar surface area (TPSA) is 90.3 Å². The Kier molecular flexibility index (Phi) is 10.3. The van der Waals surface area contributed by atoms with E-state index in [0.717, 1.165) is 61.9 Å². The molecular formula is C31H44N2O5. The summed E-state index contributed by atoms with van der Waals surface area (Å²) in [4.78, 5) is 28.6. The lowest BCUT2D eigenvalue weighted by molar-refractivity contribution is 0.0685. The third-order valence-electron chi connectivity index (χ3n) is 7.54. The molecule has 38 heavy (non-hydrogen) atoms. The molecule has 0 aromatic heterocycles. The Morgan fingerprint density at radius 2 is 1.47 bits per heavy atom. The molecule has 0 radical (unpaired) electrons. The third-order valence-corrected chi connectivity index (χ3v) is 7.54. The minimum absolute atomic E-state index is 0.134. The molecule has 0 aliphatic carbocycles. The average molecular weight is 525 g/mol. The molecule has 0 amide bonds. The second-order valence-corrected chi connectivity index (χ2v) is 11.6. The van der Waals surface area contributed by atoms with E-state index in [9.17, 15) is 19.8 Å². The molecule has 0 saturated heterocycles. The zero-order chi connectivity index (χ0) is 28.0. The van der Waals surface area contributed by atoms with Crippen molar-refractivity contribution in [3.8, 4) is 11.5 Å². The lowest BCUT2D eigenvalue weighted by Crippen LogP contribution is -2.20. The van der Waals surface area contributed by atoms with Crippen LogP contribution in [0.3, 0.4) is 0 Å². The van der Waals surface area contributed by atoms with Gasteiger partial charge in [0.1, 0.15) is 11.5 Å². The van der Waals surface area contributed by atoms with Gasteiger partial charge in [-0.05, 0) is 128 Å². The number of hydrogen-bond donors (Lipinski definition) is 2. The Morgan fingerprint density at radius 1 is 0.868 bits per heavy atom. The highest BCUT2D eigenvalue weighted by Crippen LogP contribution is 2.50. The Bertz CT molecular complexity index is 1130. The molecule has 3 atom stereocenters. The van der Waals surface area contributed by atoms with E-state index in [1.165, 1.54) is 0 Å². The first-order valence-electron chi connectivity index (χ1n) is 13.7. The number of hydrogen-bond acceptors (Lipinski definition) is 5. The molecule has 3 rings (SSSR count). The SMILES string of the molecule is CC(CCCN(C)C)Cc1c(C(=O)O)ccc2c1C(CC(C)CCCN(C)C)c1cc(C(=O)O)ccc1O2. The van der Waals surface area contributed by atoms with Crippen molar-refractivity contribution in [1.82, 2.24) is 9.80 Å². The molecule has 1 aliphatic heterocycles. The zero-order valence-corrected chi connectivity index (χ0v) is 23.8. The monoisotopic (exact) mass is 524 g/mol. The molecule has 2 aromatic rings. The fraction of sp³-hybridized carbons (Fsp3) is 0.548. The normalized spacial score (nSPS) is 16.1. The van der Waals surface area contributed by atoms with Crippen LogP contribution in [0.4, 0.5) is 0 Å². The van der Waals surface area contributed by atoms with Crippen molar-refractivity contribution in [3.05, 3.63) is 58.1 Å². The maximum absolute atomic E-state index is 12.4. The minimum atomic E-state index is -0.981. The van der Waals surface area contributed by atoms with Gasteiger partial charge in [-0.25, -0.2) is 9.59 Å². The number of ether oxygens (including phenoxy) is 1. The van der Waals surface area contributed by atoms with E-state index in [0.29, 0.717) is 35.3 Å². The highest BCUT2D eigenvalue weighted by atomic mass is 16.5. The second-order valence-electron chi connectivity index (χ2n) is 11.6. The Hall–Kier alpha value is -2.90. The average Bonchev–Trinajstić information content (AvgIpc) is 2.82. The van der Waals surface area contributed by atoms with E-state index in [2.05, 4.69) is 51.8 Å². The van der Waals surface area contributed by atoms with Crippen molar-refractivity contribution in [3.63, 3.8) is 0 Å². The van der Waals surface area contributed by atoms with E-state index in [1.54, 1.807) is 30.3 Å². The van der Waals surface area contributed by atoms with Crippen LogP contribution in [0, 0.1) is 11.8 Å². The summed E-state index contributed by atoms with van der Waals surface area (Å²) in [5.41, 5.74) is 3.10. The molecule has 2 aromatic carbocycles. The molecule has 0 fully saturated rings. The van der Waals surface area contributed by atoms with E-state index in [-0.39, 0.29) is 11.5 Å². The fourth-order valence-electron chi connectivity index (χ4n) is 5.58. The van der Waals surface area contributed by atoms with E-state index >= 15 is 0 Å². The summed E-state index contributed by atoms with van der Waals surface area (Å²) in [6, 6.07) is 8.46. The largest absolute Gasteiger partial charge is 0.478 e. The number of carboxylic acid groups (broad SMARTS) is 2. The smallest absolute Gasteiger partial charge is 0.335 e. The van der Waals surface area contributed by atoms with Crippen molar-refractivity contribution >= 4 is 11.9 Å². The van der Waals surface area contributed by atoms with Crippen molar-refractivity contribution in [2.75, 3.05) is 41.3 Å². The zero-order valence-electron chi connectivity index (χ0n) is 23.8. The molecule has 0 saturated carbocycles.